The number of hydrogen-bond donors (Lipinski definition) is 1. The Kier molecular flexibility index (Phi) is 4.29. The lowest BCUT2D eigenvalue weighted by Crippen LogP contribution is -2.22. The minimum atomic E-state index is -0.514. The number of benzene rings is 1. The standard InChI is InChI=1S/C16H21NO4/c1-2-19-15-9-11(10-17-12-4-5-12)3-6-13(15)21-14-7-8-20-16(14)18/h3,6,9,12,14,17H,2,4-5,7-8,10H2,1H3. The lowest BCUT2D eigenvalue weighted by atomic mass is 10.2. The Labute approximate surface area is 124 Å². The average molecular weight is 291 g/mol. The Balaban J connectivity index is 1.69. The number of carbonyl (C=O) groups is 1. The first kappa shape index (κ1) is 14.2. The van der Waals surface area contributed by atoms with Crippen molar-refractivity contribution in [2.75, 3.05) is 13.2 Å². The summed E-state index contributed by atoms with van der Waals surface area (Å²) in [6.07, 6.45) is 2.61. The maximum absolute atomic E-state index is 11.5. The molecule has 5 nitrogen and oxygen atoms in total. The van der Waals surface area contributed by atoms with Crippen molar-refractivity contribution >= 4 is 5.97 Å². The quantitative estimate of drug-likeness (QED) is 0.779. The van der Waals surface area contributed by atoms with Crippen LogP contribution in [0.1, 0.15) is 31.7 Å². The molecule has 2 aliphatic rings. The molecule has 1 aromatic rings. The molecule has 2 fully saturated rings. The smallest absolute Gasteiger partial charge is 0.347 e. The van der Waals surface area contributed by atoms with E-state index in [4.69, 9.17) is 14.2 Å². The van der Waals surface area contributed by atoms with Crippen molar-refractivity contribution in [3.05, 3.63) is 23.8 Å². The third kappa shape index (κ3) is 3.67. The van der Waals surface area contributed by atoms with E-state index in [0.29, 0.717) is 37.2 Å². The summed E-state index contributed by atoms with van der Waals surface area (Å²) in [6, 6.07) is 6.53. The van der Waals surface area contributed by atoms with Crippen LogP contribution in [0.15, 0.2) is 18.2 Å². The van der Waals surface area contributed by atoms with Crippen molar-refractivity contribution in [2.24, 2.45) is 0 Å². The third-order valence-electron chi connectivity index (χ3n) is 3.64. The number of carbonyl (C=O) groups excluding carboxylic acids is 1. The summed E-state index contributed by atoms with van der Waals surface area (Å²) >= 11 is 0. The van der Waals surface area contributed by atoms with Crippen molar-refractivity contribution < 1.29 is 19.0 Å². The molecule has 0 aromatic heterocycles. The van der Waals surface area contributed by atoms with E-state index in [2.05, 4.69) is 5.32 Å². The van der Waals surface area contributed by atoms with Crippen LogP contribution < -0.4 is 14.8 Å². The van der Waals surface area contributed by atoms with E-state index < -0.39 is 6.10 Å². The van der Waals surface area contributed by atoms with Crippen LogP contribution in [0.3, 0.4) is 0 Å². The topological polar surface area (TPSA) is 56.8 Å². The van der Waals surface area contributed by atoms with Crippen LogP contribution >= 0.6 is 0 Å². The van der Waals surface area contributed by atoms with E-state index in [-0.39, 0.29) is 5.97 Å². The molecule has 1 aromatic carbocycles. The number of rotatable bonds is 7. The van der Waals surface area contributed by atoms with Gasteiger partial charge < -0.3 is 19.5 Å². The highest BCUT2D eigenvalue weighted by Gasteiger charge is 2.29. The van der Waals surface area contributed by atoms with Crippen LogP contribution in [0.4, 0.5) is 0 Å². The van der Waals surface area contributed by atoms with E-state index in [0.717, 1.165) is 12.1 Å². The molecule has 5 heteroatoms. The maximum Gasteiger partial charge on any atom is 0.347 e. The van der Waals surface area contributed by atoms with Gasteiger partial charge in [0.25, 0.3) is 0 Å². The van der Waals surface area contributed by atoms with Gasteiger partial charge in [-0.05, 0) is 37.5 Å². The number of cyclic esters (lactones) is 1. The van der Waals surface area contributed by atoms with Crippen molar-refractivity contribution in [3.8, 4) is 11.5 Å². The second kappa shape index (κ2) is 6.35. The van der Waals surface area contributed by atoms with Gasteiger partial charge in [0.1, 0.15) is 0 Å². The van der Waals surface area contributed by atoms with Gasteiger partial charge in [-0.3, -0.25) is 0 Å². The predicted octanol–water partition coefficient (Wildman–Crippen LogP) is 2.03. The number of esters is 1. The van der Waals surface area contributed by atoms with Gasteiger partial charge >= 0.3 is 5.97 Å². The number of nitrogens with one attached hydrogen (secondary N) is 1. The minimum absolute atomic E-state index is 0.295. The van der Waals surface area contributed by atoms with Crippen LogP contribution in [-0.2, 0) is 16.1 Å². The second-order valence-electron chi connectivity index (χ2n) is 5.43. The predicted molar refractivity (Wildman–Crippen MR) is 77.5 cm³/mol. The molecule has 21 heavy (non-hydrogen) atoms. The van der Waals surface area contributed by atoms with E-state index >= 15 is 0 Å². The molecule has 0 radical (unpaired) electrons. The molecule has 1 atom stereocenters. The van der Waals surface area contributed by atoms with Crippen LogP contribution in [0.2, 0.25) is 0 Å². The van der Waals surface area contributed by atoms with E-state index in [1.165, 1.54) is 12.8 Å². The van der Waals surface area contributed by atoms with Gasteiger partial charge in [0.15, 0.2) is 17.6 Å². The Hall–Kier alpha value is -1.75. The fraction of sp³-hybridized carbons (Fsp3) is 0.562. The summed E-state index contributed by atoms with van der Waals surface area (Å²) < 4.78 is 16.3. The summed E-state index contributed by atoms with van der Waals surface area (Å²) in [5, 5.41) is 3.47. The first-order valence-corrected chi connectivity index (χ1v) is 7.58. The van der Waals surface area contributed by atoms with Gasteiger partial charge in [-0.25, -0.2) is 4.79 Å². The van der Waals surface area contributed by atoms with Crippen molar-refractivity contribution in [1.29, 1.82) is 0 Å². The zero-order valence-corrected chi connectivity index (χ0v) is 12.3. The highest BCUT2D eigenvalue weighted by atomic mass is 16.6. The zero-order chi connectivity index (χ0) is 14.7. The molecule has 0 amide bonds. The van der Waals surface area contributed by atoms with Gasteiger partial charge in [-0.2, -0.15) is 0 Å². The summed E-state index contributed by atoms with van der Waals surface area (Å²) in [6.45, 7) is 3.75. The maximum atomic E-state index is 11.5. The second-order valence-corrected chi connectivity index (χ2v) is 5.43. The number of hydrogen-bond acceptors (Lipinski definition) is 5. The fourth-order valence-corrected chi connectivity index (χ4v) is 2.32. The number of ether oxygens (including phenoxy) is 3. The summed E-state index contributed by atoms with van der Waals surface area (Å²) in [4.78, 5) is 11.5. The highest BCUT2D eigenvalue weighted by molar-refractivity contribution is 5.77. The lowest BCUT2D eigenvalue weighted by molar-refractivity contribution is -0.143. The monoisotopic (exact) mass is 291 g/mol. The first-order chi connectivity index (χ1) is 10.3. The van der Waals surface area contributed by atoms with Crippen molar-refractivity contribution in [3.63, 3.8) is 0 Å². The van der Waals surface area contributed by atoms with E-state index in [1.807, 2.05) is 25.1 Å². The first-order valence-electron chi connectivity index (χ1n) is 7.58. The Morgan fingerprint density at radius 3 is 2.81 bits per heavy atom. The zero-order valence-electron chi connectivity index (χ0n) is 12.3. The van der Waals surface area contributed by atoms with Gasteiger partial charge in [-0.1, -0.05) is 6.07 Å². The van der Waals surface area contributed by atoms with Crippen molar-refractivity contribution in [1.82, 2.24) is 5.32 Å². The van der Waals surface area contributed by atoms with Gasteiger partial charge in [0, 0.05) is 19.0 Å². The molecular formula is C16H21NO4. The van der Waals surface area contributed by atoms with Gasteiger partial charge in [0.05, 0.1) is 13.2 Å². The van der Waals surface area contributed by atoms with Crippen LogP contribution in [-0.4, -0.2) is 31.3 Å². The Bertz CT molecular complexity index is 513. The van der Waals surface area contributed by atoms with Crippen molar-refractivity contribution in [2.45, 2.75) is 44.9 Å². The highest BCUT2D eigenvalue weighted by Crippen LogP contribution is 2.31. The van der Waals surface area contributed by atoms with Gasteiger partial charge in [-0.15, -0.1) is 0 Å². The molecule has 1 heterocycles. The van der Waals surface area contributed by atoms with Crippen LogP contribution in [0, 0.1) is 0 Å². The lowest BCUT2D eigenvalue weighted by Gasteiger charge is -2.15. The average Bonchev–Trinajstić information content (AvgIpc) is 3.23. The van der Waals surface area contributed by atoms with Gasteiger partial charge in [0.2, 0.25) is 0 Å². The SMILES string of the molecule is CCOc1cc(CNC2CC2)ccc1OC1CCOC1=O. The largest absolute Gasteiger partial charge is 0.490 e. The van der Waals surface area contributed by atoms with E-state index in [1.54, 1.807) is 0 Å². The molecule has 1 saturated carbocycles. The molecular weight excluding hydrogens is 270 g/mol. The summed E-state index contributed by atoms with van der Waals surface area (Å²) in [5.74, 6) is 1.00. The van der Waals surface area contributed by atoms with E-state index in [9.17, 15) is 4.79 Å². The molecule has 1 saturated heterocycles. The molecule has 114 valence electrons. The van der Waals surface area contributed by atoms with Crippen LogP contribution in [0.25, 0.3) is 0 Å². The summed E-state index contributed by atoms with van der Waals surface area (Å²) in [5.41, 5.74) is 1.16. The minimum Gasteiger partial charge on any atom is -0.490 e. The normalized spacial score (nSPS) is 21.2. The summed E-state index contributed by atoms with van der Waals surface area (Å²) in [7, 11) is 0. The molecule has 1 N–H and O–H groups in total. The molecule has 0 bridgehead atoms. The molecule has 1 unspecified atom stereocenters. The fourth-order valence-electron chi connectivity index (χ4n) is 2.32. The molecule has 0 spiro atoms. The molecule has 3 rings (SSSR count). The molecule has 1 aliphatic heterocycles. The Morgan fingerprint density at radius 1 is 1.29 bits per heavy atom. The third-order valence-corrected chi connectivity index (χ3v) is 3.64. The molecule has 1 aliphatic carbocycles. The Morgan fingerprint density at radius 2 is 2.14 bits per heavy atom. The van der Waals surface area contributed by atoms with Crippen LogP contribution in [0.5, 0.6) is 11.5 Å².